The Labute approximate surface area is 248 Å². The van der Waals surface area contributed by atoms with Gasteiger partial charge < -0.3 is 20.4 Å². The van der Waals surface area contributed by atoms with Gasteiger partial charge in [-0.3, -0.25) is 49.0 Å². The molecule has 0 saturated carbocycles. The van der Waals surface area contributed by atoms with E-state index in [2.05, 4.69) is 5.43 Å². The predicted molar refractivity (Wildman–Crippen MR) is 126 cm³/mol. The molecule has 1 atom stereocenters. The Morgan fingerprint density at radius 1 is 0.703 bits per heavy atom. The van der Waals surface area contributed by atoms with Crippen LogP contribution in [0, 0.1) is 39.9 Å². The molecular weight excluding hydrogens is 638 g/mol. The minimum Gasteiger partial charge on any atom is -0.480 e. The Morgan fingerprint density at radius 2 is 1.05 bits per heavy atom. The van der Waals surface area contributed by atoms with Crippen LogP contribution in [0.4, 0.5) is 0 Å². The van der Waals surface area contributed by atoms with Crippen LogP contribution in [-0.4, -0.2) is 167 Å². The number of carboxylic acid groups (broad SMARTS) is 4. The van der Waals surface area contributed by atoms with Gasteiger partial charge in [0.1, 0.15) is 6.04 Å². The van der Waals surface area contributed by atoms with E-state index in [0.29, 0.717) is 0 Å². The van der Waals surface area contributed by atoms with E-state index in [0.717, 1.165) is 0 Å². The van der Waals surface area contributed by atoms with Crippen LogP contribution in [0.3, 0.4) is 0 Å². The molecule has 1 aliphatic heterocycles. The summed E-state index contributed by atoms with van der Waals surface area (Å²) in [6.45, 7) is 0.792. The first kappa shape index (κ1) is 35.5. The zero-order valence-electron chi connectivity index (χ0n) is 21.2. The largest absolute Gasteiger partial charge is 0.480 e. The fraction of sp³-hybridized carbons (Fsp3) is 0.762. The van der Waals surface area contributed by atoms with Gasteiger partial charge in [-0.05, 0) is 6.42 Å². The average Bonchev–Trinajstić information content (AvgIpc) is 2.73. The maximum absolute atomic E-state index is 12.1. The number of carbonyl (C=O) groups is 5. The molecule has 1 saturated heterocycles. The van der Waals surface area contributed by atoms with Crippen molar-refractivity contribution >= 4 is 29.8 Å². The van der Waals surface area contributed by atoms with Crippen LogP contribution in [0.15, 0.2) is 0 Å². The third-order valence-electron chi connectivity index (χ3n) is 5.67. The second-order valence-corrected chi connectivity index (χ2v) is 8.87. The van der Waals surface area contributed by atoms with E-state index in [1.165, 1.54) is 5.01 Å². The fourth-order valence-corrected chi connectivity index (χ4v) is 3.95. The molecule has 1 heterocycles. The second-order valence-electron chi connectivity index (χ2n) is 8.87. The average molecular weight is 676 g/mol. The first-order valence-corrected chi connectivity index (χ1v) is 11.6. The summed E-state index contributed by atoms with van der Waals surface area (Å²) in [4.78, 5) is 64.6. The molecule has 1 rings (SSSR count). The number of aliphatic carboxylic acids is 4. The maximum atomic E-state index is 12.1. The number of rotatable bonds is 12. The minimum absolute atomic E-state index is 0. The molecule has 37 heavy (non-hydrogen) atoms. The van der Waals surface area contributed by atoms with Crippen LogP contribution in [0.1, 0.15) is 12.8 Å². The third-order valence-corrected chi connectivity index (χ3v) is 5.67. The zero-order chi connectivity index (χ0) is 27.3. The molecule has 0 aromatic heterocycles. The monoisotopic (exact) mass is 676 g/mol. The molecule has 0 bridgehead atoms. The summed E-state index contributed by atoms with van der Waals surface area (Å²) in [6, 6.07) is -1.04. The van der Waals surface area contributed by atoms with Crippen LogP contribution in [0.5, 0.6) is 0 Å². The number of amides is 1. The van der Waals surface area contributed by atoms with Gasteiger partial charge in [0.2, 0.25) is 5.91 Å². The van der Waals surface area contributed by atoms with Crippen molar-refractivity contribution in [1.82, 2.24) is 30.0 Å². The van der Waals surface area contributed by atoms with E-state index in [1.807, 2.05) is 0 Å². The molecule has 5 N–H and O–H groups in total. The van der Waals surface area contributed by atoms with Gasteiger partial charge in [-0.15, -0.1) is 0 Å². The van der Waals surface area contributed by atoms with Crippen LogP contribution in [0.2, 0.25) is 0 Å². The molecule has 0 aliphatic carbocycles. The van der Waals surface area contributed by atoms with Crippen LogP contribution < -0.4 is 5.43 Å². The van der Waals surface area contributed by atoms with Crippen molar-refractivity contribution in [2.45, 2.75) is 18.9 Å². The quantitative estimate of drug-likeness (QED) is 0.134. The number of hydrogen-bond acceptors (Lipinski definition) is 10. The van der Waals surface area contributed by atoms with E-state index in [1.54, 1.807) is 33.7 Å². The standard InChI is InChI=1S/C21H38N6O9.Gd/c1-23(2)22-17(28)4-3-16(21(35)36)27-11-9-25(14-19(31)32)7-5-24(13-18(29)30)6-8-26(10-12-27)15-20(33)34;/h16H,3-15H2,1-2H3,(H,22,28)(H,29,30)(H,31,32)(H,33,34)(H,35,36);/t16-;/m1./s1. The van der Waals surface area contributed by atoms with E-state index >= 15 is 0 Å². The summed E-state index contributed by atoms with van der Waals surface area (Å²) in [5.41, 5.74) is 2.56. The Kier molecular flexibility index (Phi) is 17.9. The maximum Gasteiger partial charge on any atom is 0.320 e. The fourth-order valence-electron chi connectivity index (χ4n) is 3.95. The number of hydrogen-bond donors (Lipinski definition) is 5. The molecule has 0 radical (unpaired) electrons. The Balaban J connectivity index is 0.0000130. The van der Waals surface area contributed by atoms with Gasteiger partial charge in [-0.25, -0.2) is 5.01 Å². The Morgan fingerprint density at radius 3 is 1.35 bits per heavy atom. The molecule has 15 nitrogen and oxygen atoms in total. The summed E-state index contributed by atoms with van der Waals surface area (Å²) in [7, 11) is 3.27. The SMILES string of the molecule is CN(C)NC(=O)CC[C@H](C(=O)O)N1CCN(CC(=O)O)CCN(CC(=O)O)CCN(CC(=O)O)CC1.[Gd]. The van der Waals surface area contributed by atoms with Gasteiger partial charge in [0.25, 0.3) is 0 Å². The predicted octanol–water partition coefficient (Wildman–Crippen LogP) is -2.71. The Bertz CT molecular complexity index is 741. The normalized spacial score (nSPS) is 18.1. The molecular formula is C21H38GdN6O9. The van der Waals surface area contributed by atoms with E-state index < -0.39 is 29.9 Å². The summed E-state index contributed by atoms with van der Waals surface area (Å²) in [5.74, 6) is -4.67. The van der Waals surface area contributed by atoms with Crippen molar-refractivity contribution in [2.75, 3.05) is 86.1 Å². The first-order chi connectivity index (χ1) is 16.9. The van der Waals surface area contributed by atoms with Gasteiger partial charge in [-0.2, -0.15) is 0 Å². The van der Waals surface area contributed by atoms with Crippen molar-refractivity contribution in [2.24, 2.45) is 0 Å². The van der Waals surface area contributed by atoms with E-state index in [-0.39, 0.29) is 131 Å². The van der Waals surface area contributed by atoms with E-state index in [9.17, 15) is 44.4 Å². The number of nitrogens with zero attached hydrogens (tertiary/aromatic N) is 5. The topological polar surface area (TPSA) is 194 Å². The Hall–Kier alpha value is -1.53. The molecule has 1 amide bonds. The number of carbonyl (C=O) groups excluding carboxylic acids is 1. The molecule has 0 aromatic rings. The summed E-state index contributed by atoms with van der Waals surface area (Å²) in [5, 5.41) is 39.1. The molecule has 1 aliphatic rings. The molecule has 0 aromatic carbocycles. The van der Waals surface area contributed by atoms with Crippen molar-refractivity contribution in [1.29, 1.82) is 0 Å². The van der Waals surface area contributed by atoms with Crippen LogP contribution >= 0.6 is 0 Å². The molecule has 16 heteroatoms. The van der Waals surface area contributed by atoms with Gasteiger partial charge >= 0.3 is 23.9 Å². The second kappa shape index (κ2) is 18.7. The summed E-state index contributed by atoms with van der Waals surface area (Å²) < 4.78 is 0. The molecule has 214 valence electrons. The third kappa shape index (κ3) is 16.1. The van der Waals surface area contributed by atoms with Crippen molar-refractivity contribution in [3.05, 3.63) is 0 Å². The zero-order valence-corrected chi connectivity index (χ0v) is 23.5. The number of nitrogens with one attached hydrogen (secondary N) is 1. The number of hydrazine groups is 1. The summed E-state index contributed by atoms with van der Waals surface area (Å²) in [6.07, 6.45) is -0.0350. The summed E-state index contributed by atoms with van der Waals surface area (Å²) >= 11 is 0. The minimum atomic E-state index is -1.14. The number of carboxylic acids is 4. The molecule has 1 fully saturated rings. The first-order valence-electron chi connectivity index (χ1n) is 11.6. The smallest absolute Gasteiger partial charge is 0.320 e. The van der Waals surface area contributed by atoms with Crippen molar-refractivity contribution in [3.8, 4) is 0 Å². The van der Waals surface area contributed by atoms with E-state index in [4.69, 9.17) is 0 Å². The van der Waals surface area contributed by atoms with Crippen molar-refractivity contribution < 1.29 is 84.3 Å². The molecule has 0 spiro atoms. The van der Waals surface area contributed by atoms with Crippen molar-refractivity contribution in [3.63, 3.8) is 0 Å². The van der Waals surface area contributed by atoms with Crippen LogP contribution in [-0.2, 0) is 24.0 Å². The van der Waals surface area contributed by atoms with Gasteiger partial charge in [0.15, 0.2) is 0 Å². The van der Waals surface area contributed by atoms with Gasteiger partial charge in [0.05, 0.1) is 19.6 Å². The van der Waals surface area contributed by atoms with Gasteiger partial charge in [0, 0.05) is 113 Å². The van der Waals surface area contributed by atoms with Crippen LogP contribution in [0.25, 0.3) is 0 Å². The van der Waals surface area contributed by atoms with Gasteiger partial charge in [-0.1, -0.05) is 0 Å². The molecule has 0 unspecified atom stereocenters.